The second-order valence-electron chi connectivity index (χ2n) is 12.9. The minimum absolute atomic E-state index is 0.112. The van der Waals surface area contributed by atoms with E-state index in [1.807, 2.05) is 48.7 Å². The molecule has 0 spiro atoms. The van der Waals surface area contributed by atoms with Crippen LogP contribution in [0.5, 0.6) is 0 Å². The van der Waals surface area contributed by atoms with Gasteiger partial charge in [-0.3, -0.25) is 19.6 Å². The average molecular weight is 652 g/mol. The number of para-hydroxylation sites is 2. The van der Waals surface area contributed by atoms with Crippen LogP contribution in [-0.2, 0) is 21.4 Å². The number of hydrogen-bond acceptors (Lipinski definition) is 7. The number of amides is 2. The Labute approximate surface area is 273 Å². The largest absolute Gasteiger partial charge is 0.349 e. The molecule has 3 heterocycles. The number of fused-ring (bicyclic) bond motifs is 4. The van der Waals surface area contributed by atoms with Crippen LogP contribution in [0.25, 0.3) is 21.8 Å². The van der Waals surface area contributed by atoms with Gasteiger partial charge in [0.1, 0.15) is 0 Å². The van der Waals surface area contributed by atoms with Crippen molar-refractivity contribution in [3.8, 4) is 0 Å². The molecule has 7 rings (SSSR count). The van der Waals surface area contributed by atoms with E-state index in [2.05, 4.69) is 25.3 Å². The molecule has 2 amide bonds. The number of carbonyl (C=O) groups excluding carboxylic acids is 2. The third-order valence-corrected chi connectivity index (χ3v) is 10.4. The zero-order valence-corrected chi connectivity index (χ0v) is 27.1. The second kappa shape index (κ2) is 12.5. The summed E-state index contributed by atoms with van der Waals surface area (Å²) in [4.78, 5) is 40.2. The van der Waals surface area contributed by atoms with Gasteiger partial charge in [-0.15, -0.1) is 0 Å². The van der Waals surface area contributed by atoms with Crippen LogP contribution in [0.4, 0.5) is 0 Å². The number of aryl methyl sites for hydroxylation is 1. The number of hydrogen-bond donors (Lipinski definition) is 3. The van der Waals surface area contributed by atoms with Crippen molar-refractivity contribution in [2.75, 3.05) is 6.54 Å². The molecule has 47 heavy (non-hydrogen) atoms. The van der Waals surface area contributed by atoms with Gasteiger partial charge in [0, 0.05) is 60.5 Å². The number of pyridine rings is 2. The smallest absolute Gasteiger partial charge is 0.253 e. The Balaban J connectivity index is 1.26. The molecule has 11 nitrogen and oxygen atoms in total. The first-order valence-corrected chi connectivity index (χ1v) is 17.5. The summed E-state index contributed by atoms with van der Waals surface area (Å²) in [6.45, 7) is 4.63. The highest BCUT2D eigenvalue weighted by Crippen LogP contribution is 2.47. The molecule has 2 atom stereocenters. The third-order valence-electron chi connectivity index (χ3n) is 8.91. The van der Waals surface area contributed by atoms with Gasteiger partial charge in [0.05, 0.1) is 39.9 Å². The van der Waals surface area contributed by atoms with Gasteiger partial charge >= 0.3 is 0 Å². The predicted octanol–water partition coefficient (Wildman–Crippen LogP) is 4.91. The van der Waals surface area contributed by atoms with Gasteiger partial charge in [-0.1, -0.05) is 26.0 Å². The molecule has 2 aromatic carbocycles. The van der Waals surface area contributed by atoms with E-state index in [-0.39, 0.29) is 35.6 Å². The quantitative estimate of drug-likeness (QED) is 0.184. The van der Waals surface area contributed by atoms with Gasteiger partial charge in [0.15, 0.2) is 0 Å². The van der Waals surface area contributed by atoms with Crippen LogP contribution in [0, 0.1) is 5.92 Å². The first kappa shape index (κ1) is 30.9. The summed E-state index contributed by atoms with van der Waals surface area (Å²) in [6.07, 6.45) is 9.16. The lowest BCUT2D eigenvalue weighted by Gasteiger charge is -2.19. The van der Waals surface area contributed by atoms with Crippen LogP contribution in [0.1, 0.15) is 84.7 Å². The van der Waals surface area contributed by atoms with E-state index >= 15 is 0 Å². The summed E-state index contributed by atoms with van der Waals surface area (Å²) >= 11 is 0. The fourth-order valence-electron chi connectivity index (χ4n) is 6.36. The van der Waals surface area contributed by atoms with Crippen LogP contribution in [0.3, 0.4) is 0 Å². The lowest BCUT2D eigenvalue weighted by atomic mass is 9.98. The highest BCUT2D eigenvalue weighted by atomic mass is 32.2. The van der Waals surface area contributed by atoms with Crippen LogP contribution in [0.15, 0.2) is 78.3 Å². The molecule has 0 bridgehead atoms. The van der Waals surface area contributed by atoms with Gasteiger partial charge < -0.3 is 15.2 Å². The Morgan fingerprint density at radius 2 is 1.81 bits per heavy atom. The maximum atomic E-state index is 13.8. The van der Waals surface area contributed by atoms with Crippen molar-refractivity contribution in [1.82, 2.24) is 34.9 Å². The molecule has 0 aliphatic heterocycles. The summed E-state index contributed by atoms with van der Waals surface area (Å²) < 4.78 is 32.4. The number of carbonyl (C=O) groups is 2. The summed E-state index contributed by atoms with van der Waals surface area (Å²) in [5.74, 6) is -0.0738. The van der Waals surface area contributed by atoms with Crippen molar-refractivity contribution in [3.05, 3.63) is 95.8 Å². The summed E-state index contributed by atoms with van der Waals surface area (Å²) in [7, 11) is -3.92. The summed E-state index contributed by atoms with van der Waals surface area (Å²) in [6, 6.07) is 13.7. The van der Waals surface area contributed by atoms with Crippen molar-refractivity contribution >= 4 is 43.6 Å². The maximum absolute atomic E-state index is 13.8. The van der Waals surface area contributed by atoms with Gasteiger partial charge in [-0.25, -0.2) is 18.1 Å². The van der Waals surface area contributed by atoms with Crippen LogP contribution in [-0.4, -0.2) is 46.3 Å². The number of sulfonamides is 1. The maximum Gasteiger partial charge on any atom is 0.253 e. The number of imidazole rings is 1. The van der Waals surface area contributed by atoms with Gasteiger partial charge in [-0.05, 0) is 72.7 Å². The highest BCUT2D eigenvalue weighted by molar-refractivity contribution is 7.89. The second-order valence-corrected chi connectivity index (χ2v) is 14.6. The van der Waals surface area contributed by atoms with Gasteiger partial charge in [0.2, 0.25) is 15.9 Å². The van der Waals surface area contributed by atoms with E-state index in [0.717, 1.165) is 35.1 Å². The van der Waals surface area contributed by atoms with Gasteiger partial charge in [0.25, 0.3) is 5.91 Å². The molecule has 0 saturated heterocycles. The first-order chi connectivity index (χ1) is 22.7. The Morgan fingerprint density at radius 3 is 2.57 bits per heavy atom. The monoisotopic (exact) mass is 651 g/mol. The zero-order valence-electron chi connectivity index (χ0n) is 26.3. The molecule has 0 unspecified atom stereocenters. The van der Waals surface area contributed by atoms with Crippen molar-refractivity contribution < 1.29 is 18.0 Å². The molecule has 2 aliphatic rings. The molecule has 1 fully saturated rings. The molecule has 5 aromatic rings. The van der Waals surface area contributed by atoms with Crippen molar-refractivity contribution in [3.63, 3.8) is 0 Å². The molecule has 0 radical (unpaired) electrons. The normalized spacial score (nSPS) is 17.7. The van der Waals surface area contributed by atoms with Crippen molar-refractivity contribution in [2.45, 2.75) is 69.0 Å². The fraction of sp³-hybridized carbons (Fsp3) is 0.343. The predicted molar refractivity (Wildman–Crippen MR) is 178 cm³/mol. The van der Waals surface area contributed by atoms with E-state index in [0.29, 0.717) is 40.8 Å². The third kappa shape index (κ3) is 6.35. The van der Waals surface area contributed by atoms with E-state index in [1.54, 1.807) is 36.9 Å². The molecular weight excluding hydrogens is 614 g/mol. The van der Waals surface area contributed by atoms with E-state index < -0.39 is 22.1 Å². The van der Waals surface area contributed by atoms with E-state index in [1.165, 1.54) is 6.20 Å². The first-order valence-electron chi connectivity index (χ1n) is 16.0. The molecule has 2 aliphatic carbocycles. The molecule has 3 aromatic heterocycles. The van der Waals surface area contributed by atoms with Gasteiger partial charge in [-0.2, -0.15) is 0 Å². The Morgan fingerprint density at radius 1 is 0.979 bits per heavy atom. The highest BCUT2D eigenvalue weighted by Gasteiger charge is 2.38. The van der Waals surface area contributed by atoms with Crippen LogP contribution >= 0.6 is 0 Å². The molecule has 242 valence electrons. The van der Waals surface area contributed by atoms with E-state index in [4.69, 9.17) is 4.98 Å². The average Bonchev–Trinajstić information content (AvgIpc) is 3.76. The zero-order chi connectivity index (χ0) is 32.7. The summed E-state index contributed by atoms with van der Waals surface area (Å²) in [5.41, 5.74) is 4.49. The van der Waals surface area contributed by atoms with Crippen LogP contribution in [0.2, 0.25) is 0 Å². The summed E-state index contributed by atoms with van der Waals surface area (Å²) in [5, 5.41) is 7.51. The lowest BCUT2D eigenvalue weighted by molar-refractivity contribution is -0.122. The number of aromatic nitrogens is 4. The Bertz CT molecular complexity index is 2090. The van der Waals surface area contributed by atoms with E-state index in [9.17, 15) is 18.0 Å². The van der Waals surface area contributed by atoms with Crippen molar-refractivity contribution in [1.29, 1.82) is 0 Å². The molecule has 1 saturated carbocycles. The number of nitrogens with one attached hydrogen (secondary N) is 3. The Hall–Kier alpha value is -4.68. The number of rotatable bonds is 11. The minimum Gasteiger partial charge on any atom is -0.349 e. The molecular formula is C35H37N7O4S. The minimum atomic E-state index is -3.92. The number of benzene rings is 2. The van der Waals surface area contributed by atoms with Crippen LogP contribution < -0.4 is 15.4 Å². The number of nitrogens with zero attached hydrogens (tertiary/aromatic N) is 4. The fourth-order valence-corrected chi connectivity index (χ4v) is 7.81. The lowest BCUT2D eigenvalue weighted by Crippen LogP contribution is -2.30. The topological polar surface area (TPSA) is 148 Å². The van der Waals surface area contributed by atoms with Crippen molar-refractivity contribution in [2.24, 2.45) is 5.92 Å². The Kier molecular flexibility index (Phi) is 8.23. The standard InChI is InChI=1S/C35H37N7O4S/c1-21(2)17-39-47(45,46)32-15-25-29(41-35(44)23-6-5-12-36-18-23)16-30(34(25)26-19-37-28(14-24(26)32)22-9-10-22)40-33(43)11-13-42-20-38-27-7-3-4-8-31(27)42/h3-8,12,14-15,18-22,29-30,39H,9-11,13,16-17H2,1-2H3,(H,40,43)(H,41,44)/t29-,30-/m0/s1. The molecule has 3 N–H and O–H groups in total. The SMILES string of the molecule is CC(C)CNS(=O)(=O)c1cc2c(c3cnc(C4CC4)cc13)[C@@H](NC(=O)CCn1cnc3ccccc31)C[C@@H]2NC(=O)c1cccnc1. The molecule has 12 heteroatoms.